The first-order valence-corrected chi connectivity index (χ1v) is 14.7. The van der Waals surface area contributed by atoms with Crippen LogP contribution in [-0.4, -0.2) is 4.98 Å². The van der Waals surface area contributed by atoms with Gasteiger partial charge in [0.05, 0.1) is 5.69 Å². The highest BCUT2D eigenvalue weighted by Gasteiger charge is 2.46. The van der Waals surface area contributed by atoms with Gasteiger partial charge in [-0.25, -0.2) is 4.98 Å². The molecule has 0 atom stereocenters. The Kier molecular flexibility index (Phi) is 8.36. The van der Waals surface area contributed by atoms with Crippen LogP contribution in [0.5, 0.6) is 0 Å². The molecule has 0 saturated heterocycles. The smallest absolute Gasteiger partial charge is 0.131 e. The molecule has 33 heavy (non-hydrogen) atoms. The van der Waals surface area contributed by atoms with Gasteiger partial charge in [-0.15, -0.1) is 11.3 Å². The summed E-state index contributed by atoms with van der Waals surface area (Å²) in [5.41, 5.74) is 1.35. The highest BCUT2D eigenvalue weighted by atomic mass is 35.5. The maximum Gasteiger partial charge on any atom is 0.131 e. The van der Waals surface area contributed by atoms with Gasteiger partial charge in [0.2, 0.25) is 0 Å². The molecular formula is C29H31ClNPS. The van der Waals surface area contributed by atoms with Crippen LogP contribution < -0.4 is 28.3 Å². The first kappa shape index (κ1) is 24.1. The van der Waals surface area contributed by atoms with Gasteiger partial charge in [0.25, 0.3) is 0 Å². The molecule has 1 nitrogen and oxygen atoms in total. The van der Waals surface area contributed by atoms with Crippen LogP contribution in [0.25, 0.3) is 0 Å². The van der Waals surface area contributed by atoms with Crippen LogP contribution in [0, 0.1) is 0 Å². The monoisotopic (exact) mass is 491 g/mol. The van der Waals surface area contributed by atoms with E-state index in [0.717, 1.165) is 6.16 Å². The highest BCUT2D eigenvalue weighted by Crippen LogP contribution is 2.58. The van der Waals surface area contributed by atoms with Crippen molar-refractivity contribution >= 4 is 34.5 Å². The largest absolute Gasteiger partial charge is 1.00 e. The number of hydrogen-bond donors (Lipinski definition) is 0. The summed E-state index contributed by atoms with van der Waals surface area (Å²) >= 11 is 1.88. The third-order valence-corrected chi connectivity index (χ3v) is 12.2. The van der Waals surface area contributed by atoms with Crippen LogP contribution in [0.1, 0.15) is 55.1 Å². The lowest BCUT2D eigenvalue weighted by Gasteiger charge is -2.27. The Morgan fingerprint density at radius 3 is 1.58 bits per heavy atom. The molecular weight excluding hydrogens is 461 g/mol. The van der Waals surface area contributed by atoms with E-state index in [-0.39, 0.29) is 12.4 Å². The number of nitrogens with zero attached hydrogens (tertiary/aromatic N) is 1. The van der Waals surface area contributed by atoms with Crippen molar-refractivity contribution in [1.82, 2.24) is 4.98 Å². The fraction of sp³-hybridized carbons (Fsp3) is 0.276. The second-order valence-electron chi connectivity index (χ2n) is 8.83. The molecule has 1 fully saturated rings. The van der Waals surface area contributed by atoms with E-state index in [0.29, 0.717) is 5.92 Å². The van der Waals surface area contributed by atoms with Crippen molar-refractivity contribution in [2.45, 2.75) is 50.6 Å². The fourth-order valence-corrected chi connectivity index (χ4v) is 10.6. The molecule has 1 aliphatic carbocycles. The summed E-state index contributed by atoms with van der Waals surface area (Å²) < 4.78 is 0. The third-order valence-electron chi connectivity index (χ3n) is 6.81. The Bertz CT molecular complexity index is 1010. The number of aromatic nitrogens is 1. The zero-order chi connectivity index (χ0) is 21.6. The van der Waals surface area contributed by atoms with Crippen molar-refractivity contribution < 1.29 is 12.4 Å². The van der Waals surface area contributed by atoms with Crippen molar-refractivity contribution in [2.24, 2.45) is 0 Å². The molecule has 4 heteroatoms. The zero-order valence-corrected chi connectivity index (χ0v) is 21.4. The Labute approximate surface area is 209 Å². The minimum atomic E-state index is -1.86. The first-order chi connectivity index (χ1) is 15.9. The minimum Gasteiger partial charge on any atom is -1.00 e. The maximum absolute atomic E-state index is 5.28. The normalized spacial score (nSPS) is 14.9. The molecule has 0 bridgehead atoms. The molecule has 0 aliphatic heterocycles. The number of rotatable bonds is 6. The molecule has 0 unspecified atom stereocenters. The molecule has 0 spiro atoms. The van der Waals surface area contributed by atoms with Crippen LogP contribution >= 0.6 is 18.6 Å². The minimum absolute atomic E-state index is 0. The van der Waals surface area contributed by atoms with E-state index >= 15 is 0 Å². The number of hydrogen-bond acceptors (Lipinski definition) is 2. The highest BCUT2D eigenvalue weighted by molar-refractivity contribution is 7.95. The van der Waals surface area contributed by atoms with Gasteiger partial charge in [-0.05, 0) is 49.2 Å². The van der Waals surface area contributed by atoms with E-state index < -0.39 is 7.26 Å². The first-order valence-electron chi connectivity index (χ1n) is 11.9. The molecule has 5 rings (SSSR count). The van der Waals surface area contributed by atoms with Gasteiger partial charge in [-0.1, -0.05) is 80.3 Å². The van der Waals surface area contributed by atoms with Crippen molar-refractivity contribution in [3.05, 3.63) is 107 Å². The topological polar surface area (TPSA) is 12.9 Å². The van der Waals surface area contributed by atoms with E-state index in [2.05, 4.69) is 96.4 Å². The molecule has 1 aliphatic rings. The Morgan fingerprint density at radius 2 is 1.12 bits per heavy atom. The Balaban J connectivity index is 0.00000259. The molecule has 0 amide bonds. The van der Waals surface area contributed by atoms with Gasteiger partial charge in [0.1, 0.15) is 34.3 Å². The van der Waals surface area contributed by atoms with Crippen LogP contribution in [-0.2, 0) is 6.16 Å². The zero-order valence-electron chi connectivity index (χ0n) is 18.9. The molecule has 3 aromatic carbocycles. The molecule has 1 saturated carbocycles. The fourth-order valence-electron chi connectivity index (χ4n) is 5.13. The molecule has 0 N–H and O–H groups in total. The van der Waals surface area contributed by atoms with Gasteiger partial charge >= 0.3 is 0 Å². The summed E-state index contributed by atoms with van der Waals surface area (Å²) in [6, 6.07) is 33.5. The van der Waals surface area contributed by atoms with Crippen LogP contribution in [0.15, 0.2) is 96.4 Å². The number of halogens is 1. The molecule has 1 aromatic heterocycles. The van der Waals surface area contributed by atoms with E-state index in [1.54, 1.807) is 0 Å². The van der Waals surface area contributed by atoms with Crippen molar-refractivity contribution in [2.75, 3.05) is 0 Å². The average Bonchev–Trinajstić information content (AvgIpc) is 3.16. The maximum atomic E-state index is 5.28. The number of benzene rings is 3. The molecule has 1 heterocycles. The van der Waals surface area contributed by atoms with Gasteiger partial charge in [0.15, 0.2) is 0 Å². The summed E-state index contributed by atoms with van der Waals surface area (Å²) in [6.07, 6.45) is 9.08. The molecule has 170 valence electrons. The third kappa shape index (κ3) is 5.24. The van der Waals surface area contributed by atoms with Gasteiger partial charge in [-0.2, -0.15) is 0 Å². The average molecular weight is 492 g/mol. The van der Waals surface area contributed by atoms with E-state index in [1.165, 1.54) is 65.1 Å². The standard InChI is InChI=1S/C29H31NPS.ClH/c1-2-7-15-24(14-6-1)28-23-32-29(30-28)22-31(25-16-8-3-9-17-25,26-18-10-4-11-19-26)27-20-12-5-13-21-27;/h3-5,8-13,16-21,23-24H,1-2,6-7,14-15,22H2;1H/q+1;/p-1. The van der Waals surface area contributed by atoms with Crippen molar-refractivity contribution in [3.8, 4) is 0 Å². The summed E-state index contributed by atoms with van der Waals surface area (Å²) in [6.45, 7) is 0. The second-order valence-corrected chi connectivity index (χ2v) is 13.3. The van der Waals surface area contributed by atoms with Gasteiger partial charge < -0.3 is 12.4 Å². The van der Waals surface area contributed by atoms with Crippen LogP contribution in [0.2, 0.25) is 0 Å². The number of thiazole rings is 1. The van der Waals surface area contributed by atoms with Crippen LogP contribution in [0.4, 0.5) is 0 Å². The molecule has 0 radical (unpaired) electrons. The summed E-state index contributed by atoms with van der Waals surface area (Å²) in [5, 5.41) is 7.95. The lowest BCUT2D eigenvalue weighted by Crippen LogP contribution is -3.00. The lowest BCUT2D eigenvalue weighted by atomic mass is 9.98. The van der Waals surface area contributed by atoms with E-state index in [9.17, 15) is 0 Å². The summed E-state index contributed by atoms with van der Waals surface area (Å²) in [5.74, 6) is 0.653. The SMILES string of the molecule is [Cl-].c1ccc([P+](Cc2nc(C3CCCCCC3)cs2)(c2ccccc2)c2ccccc2)cc1. The Hall–Kier alpha value is -1.99. The van der Waals surface area contributed by atoms with Gasteiger partial charge in [0, 0.05) is 11.3 Å². The van der Waals surface area contributed by atoms with E-state index in [1.807, 2.05) is 11.3 Å². The Morgan fingerprint density at radius 1 is 0.667 bits per heavy atom. The van der Waals surface area contributed by atoms with E-state index in [4.69, 9.17) is 4.98 Å². The second kappa shape index (κ2) is 11.4. The predicted octanol–water partition coefficient (Wildman–Crippen LogP) is 4.08. The lowest BCUT2D eigenvalue weighted by molar-refractivity contribution is -0.00000633. The predicted molar refractivity (Wildman–Crippen MR) is 141 cm³/mol. The van der Waals surface area contributed by atoms with Crippen molar-refractivity contribution in [1.29, 1.82) is 0 Å². The summed E-state index contributed by atoms with van der Waals surface area (Å²) in [4.78, 5) is 5.28. The van der Waals surface area contributed by atoms with Crippen LogP contribution in [0.3, 0.4) is 0 Å². The molecule has 4 aromatic rings. The summed E-state index contributed by atoms with van der Waals surface area (Å²) in [7, 11) is -1.86. The van der Waals surface area contributed by atoms with Crippen molar-refractivity contribution in [3.63, 3.8) is 0 Å². The van der Waals surface area contributed by atoms with Gasteiger partial charge in [-0.3, -0.25) is 0 Å². The quantitative estimate of drug-likeness (QED) is 0.292.